The number of anilines is 2. The largest absolute Gasteiger partial charge is 0.449 e. The number of benzene rings is 3. The van der Waals surface area contributed by atoms with Crippen LogP contribution in [0.15, 0.2) is 71.6 Å². The van der Waals surface area contributed by atoms with Crippen molar-refractivity contribution in [2.75, 3.05) is 16.2 Å². The second-order valence-electron chi connectivity index (χ2n) is 8.03. The molecule has 0 saturated carbocycles. The van der Waals surface area contributed by atoms with E-state index in [0.29, 0.717) is 28.0 Å². The fraction of sp³-hybridized carbons (Fsp3) is 0.200. The lowest BCUT2D eigenvalue weighted by molar-refractivity contribution is -0.123. The Kier molecular flexibility index (Phi) is 7.35. The summed E-state index contributed by atoms with van der Waals surface area (Å²) >= 11 is 11.9. The quantitative estimate of drug-likeness (QED) is 0.433. The summed E-state index contributed by atoms with van der Waals surface area (Å²) in [5.74, 6) is -1.33. The van der Waals surface area contributed by atoms with Crippen molar-refractivity contribution in [2.45, 2.75) is 30.8 Å². The first-order valence-electron chi connectivity index (χ1n) is 10.8. The molecule has 7 nitrogen and oxygen atoms in total. The lowest BCUT2D eigenvalue weighted by atomic mass is 10.0. The topological polar surface area (TPSA) is 92.8 Å². The van der Waals surface area contributed by atoms with Gasteiger partial charge in [0, 0.05) is 22.3 Å². The molecule has 0 fully saturated rings. The number of para-hydroxylation sites is 1. The third kappa shape index (κ3) is 5.61. The summed E-state index contributed by atoms with van der Waals surface area (Å²) in [6, 6.07) is 17.4. The third-order valence-electron chi connectivity index (χ3n) is 5.53. The number of esters is 1. The smallest absolute Gasteiger partial charge is 0.338 e. The van der Waals surface area contributed by atoms with Gasteiger partial charge in [0.05, 0.1) is 16.1 Å². The normalized spacial score (nSPS) is 14.1. The highest BCUT2D eigenvalue weighted by atomic mass is 35.5. The van der Waals surface area contributed by atoms with Gasteiger partial charge >= 0.3 is 5.97 Å². The molecule has 0 bridgehead atoms. The Morgan fingerprint density at radius 2 is 1.66 bits per heavy atom. The van der Waals surface area contributed by atoms with Crippen molar-refractivity contribution in [2.24, 2.45) is 0 Å². The van der Waals surface area contributed by atoms with Gasteiger partial charge in [-0.25, -0.2) is 13.2 Å². The molecule has 4 rings (SSSR count). The molecule has 0 saturated heterocycles. The van der Waals surface area contributed by atoms with Crippen molar-refractivity contribution in [3.63, 3.8) is 0 Å². The third-order valence-corrected chi connectivity index (χ3v) is 7.79. The molecule has 1 N–H and O–H groups in total. The number of ether oxygens (including phenoxy) is 1. The molecular weight excluding hydrogens is 511 g/mol. The number of nitrogens with zero attached hydrogens (tertiary/aromatic N) is 1. The van der Waals surface area contributed by atoms with Gasteiger partial charge in [-0.1, -0.05) is 41.4 Å². The molecule has 1 amide bonds. The van der Waals surface area contributed by atoms with Crippen molar-refractivity contribution in [1.82, 2.24) is 0 Å². The number of fused-ring (bicyclic) bond motifs is 1. The van der Waals surface area contributed by atoms with Crippen molar-refractivity contribution in [3.8, 4) is 0 Å². The highest BCUT2D eigenvalue weighted by Gasteiger charge is 2.29. The number of hydrogen-bond donors (Lipinski definition) is 1. The fourth-order valence-corrected chi connectivity index (χ4v) is 5.86. The Balaban J connectivity index is 1.44. The van der Waals surface area contributed by atoms with Crippen LogP contribution in [0, 0.1) is 0 Å². The van der Waals surface area contributed by atoms with Crippen LogP contribution in [0.4, 0.5) is 11.4 Å². The Hall–Kier alpha value is -3.07. The number of amides is 1. The van der Waals surface area contributed by atoms with Crippen LogP contribution in [-0.4, -0.2) is 32.9 Å². The molecule has 0 aliphatic carbocycles. The number of rotatable bonds is 6. The average molecular weight is 533 g/mol. The van der Waals surface area contributed by atoms with Gasteiger partial charge in [0.1, 0.15) is 0 Å². The van der Waals surface area contributed by atoms with E-state index >= 15 is 0 Å². The summed E-state index contributed by atoms with van der Waals surface area (Å²) in [7, 11) is -3.80. The number of aryl methyl sites for hydroxylation is 1. The van der Waals surface area contributed by atoms with Crippen LogP contribution >= 0.6 is 23.2 Å². The zero-order valence-corrected chi connectivity index (χ0v) is 21.0. The van der Waals surface area contributed by atoms with E-state index in [0.717, 1.165) is 18.4 Å². The summed E-state index contributed by atoms with van der Waals surface area (Å²) in [5.41, 5.74) is 2.13. The number of halogens is 2. The number of carbonyl (C=O) groups excluding carboxylic acids is 2. The fourth-order valence-electron chi connectivity index (χ4n) is 3.79. The zero-order valence-electron chi connectivity index (χ0n) is 18.7. The van der Waals surface area contributed by atoms with E-state index in [9.17, 15) is 18.0 Å². The number of carbonyl (C=O) groups is 2. The Labute approximate surface area is 213 Å². The van der Waals surface area contributed by atoms with Gasteiger partial charge in [0.15, 0.2) is 6.10 Å². The first kappa shape index (κ1) is 25.0. The molecule has 35 heavy (non-hydrogen) atoms. The molecule has 10 heteroatoms. The van der Waals surface area contributed by atoms with Crippen LogP contribution in [0.2, 0.25) is 10.0 Å². The highest BCUT2D eigenvalue weighted by Crippen LogP contribution is 2.32. The second-order valence-corrected chi connectivity index (χ2v) is 10.8. The first-order chi connectivity index (χ1) is 16.6. The molecule has 3 aromatic carbocycles. The number of hydrogen-bond acceptors (Lipinski definition) is 5. The molecule has 0 radical (unpaired) electrons. The predicted molar refractivity (Wildman–Crippen MR) is 136 cm³/mol. The van der Waals surface area contributed by atoms with Crippen molar-refractivity contribution in [3.05, 3.63) is 87.9 Å². The molecule has 1 aliphatic rings. The van der Waals surface area contributed by atoms with E-state index in [2.05, 4.69) is 5.32 Å². The van der Waals surface area contributed by atoms with Crippen molar-refractivity contribution >= 4 is 56.5 Å². The molecule has 0 unspecified atom stereocenters. The van der Waals surface area contributed by atoms with Gasteiger partial charge in [-0.15, -0.1) is 0 Å². The molecule has 0 aromatic heterocycles. The second kappa shape index (κ2) is 10.3. The van der Waals surface area contributed by atoms with Gasteiger partial charge in [-0.3, -0.25) is 9.10 Å². The van der Waals surface area contributed by atoms with E-state index in [4.69, 9.17) is 27.9 Å². The summed E-state index contributed by atoms with van der Waals surface area (Å²) in [4.78, 5) is 25.0. The maximum Gasteiger partial charge on any atom is 0.338 e. The van der Waals surface area contributed by atoms with Gasteiger partial charge < -0.3 is 10.1 Å². The minimum atomic E-state index is -3.80. The van der Waals surface area contributed by atoms with Crippen LogP contribution in [-0.2, 0) is 26.0 Å². The summed E-state index contributed by atoms with van der Waals surface area (Å²) < 4.78 is 33.2. The predicted octanol–water partition coefficient (Wildman–Crippen LogP) is 5.32. The lowest BCUT2D eigenvalue weighted by Gasteiger charge is -2.30. The number of sulfonamides is 1. The van der Waals surface area contributed by atoms with Crippen LogP contribution in [0.5, 0.6) is 0 Å². The monoisotopic (exact) mass is 532 g/mol. The van der Waals surface area contributed by atoms with E-state index in [-0.39, 0.29) is 10.5 Å². The van der Waals surface area contributed by atoms with Crippen molar-refractivity contribution in [1.29, 1.82) is 0 Å². The summed E-state index contributed by atoms with van der Waals surface area (Å²) in [6.45, 7) is 1.81. The molecule has 1 aliphatic heterocycles. The number of nitrogens with one attached hydrogen (secondary N) is 1. The maximum atomic E-state index is 13.3. The van der Waals surface area contributed by atoms with Crippen molar-refractivity contribution < 1.29 is 22.7 Å². The van der Waals surface area contributed by atoms with Gasteiger partial charge in [0.25, 0.3) is 15.9 Å². The summed E-state index contributed by atoms with van der Waals surface area (Å²) in [6.07, 6.45) is 0.430. The Bertz CT molecular complexity index is 1360. The molecule has 1 heterocycles. The van der Waals surface area contributed by atoms with Gasteiger partial charge in [-0.05, 0) is 73.9 Å². The van der Waals surface area contributed by atoms with Crippen LogP contribution < -0.4 is 9.62 Å². The van der Waals surface area contributed by atoms with Crippen LogP contribution in [0.1, 0.15) is 29.3 Å². The van der Waals surface area contributed by atoms with Crippen LogP contribution in [0.3, 0.4) is 0 Å². The lowest BCUT2D eigenvalue weighted by Crippen LogP contribution is -2.35. The minimum absolute atomic E-state index is 0.0642. The average Bonchev–Trinajstić information content (AvgIpc) is 2.83. The molecule has 0 spiro atoms. The Morgan fingerprint density at radius 1 is 1.00 bits per heavy atom. The van der Waals surface area contributed by atoms with E-state index in [1.54, 1.807) is 6.07 Å². The maximum absolute atomic E-state index is 13.3. The van der Waals surface area contributed by atoms with Gasteiger partial charge in [-0.2, -0.15) is 0 Å². The zero-order chi connectivity index (χ0) is 25.2. The summed E-state index contributed by atoms with van der Waals surface area (Å²) in [5, 5.41) is 3.28. The minimum Gasteiger partial charge on any atom is -0.449 e. The highest BCUT2D eigenvalue weighted by molar-refractivity contribution is 7.92. The first-order valence-corrected chi connectivity index (χ1v) is 13.0. The standard InChI is InChI=1S/C25H22Cl2N2O5S/c1-16(24(30)28-21-14-19(26)13-20(27)15-21)34-25(31)18-8-10-22(11-9-18)35(32,33)29-12-4-6-17-5-2-3-7-23(17)29/h2-3,5,7-11,13-16H,4,6,12H2,1H3,(H,28,30)/t16-/m1/s1. The molecule has 3 aromatic rings. The van der Waals surface area contributed by atoms with Crippen LogP contribution in [0.25, 0.3) is 0 Å². The Morgan fingerprint density at radius 3 is 2.34 bits per heavy atom. The van der Waals surface area contributed by atoms with E-state index < -0.39 is 28.0 Å². The SMILES string of the molecule is C[C@@H](OC(=O)c1ccc(S(=O)(=O)N2CCCc3ccccc32)cc1)C(=O)Nc1cc(Cl)cc(Cl)c1. The molecule has 1 atom stereocenters. The van der Waals surface area contributed by atoms with E-state index in [1.807, 2.05) is 18.2 Å². The molecule has 182 valence electrons. The van der Waals surface area contributed by atoms with Gasteiger partial charge in [0.2, 0.25) is 0 Å². The molecular formula is C25H22Cl2N2O5S. The van der Waals surface area contributed by atoms with E-state index in [1.165, 1.54) is 53.7 Å².